The highest BCUT2D eigenvalue weighted by Crippen LogP contribution is 2.22. The van der Waals surface area contributed by atoms with Gasteiger partial charge < -0.3 is 5.73 Å². The molecule has 0 aromatic carbocycles. The fraction of sp³-hybridized carbons (Fsp3) is 0.143. The Kier molecular flexibility index (Phi) is 1.41. The maximum absolute atomic E-state index is 10.9. The van der Waals surface area contributed by atoms with E-state index >= 15 is 0 Å². The molecule has 2 aromatic heterocycles. The number of amides is 1. The SMILES string of the molecule is Cn1nc(C(N)=O)c2ccsc21. The summed E-state index contributed by atoms with van der Waals surface area (Å²) in [6.07, 6.45) is 0. The summed E-state index contributed by atoms with van der Waals surface area (Å²) < 4.78 is 1.67. The van der Waals surface area contributed by atoms with Crippen molar-refractivity contribution >= 4 is 27.5 Å². The Morgan fingerprint density at radius 1 is 1.75 bits per heavy atom. The van der Waals surface area contributed by atoms with E-state index in [1.54, 1.807) is 23.1 Å². The number of carbonyl (C=O) groups excluding carboxylic acids is 1. The number of aromatic nitrogens is 2. The predicted octanol–water partition coefficient (Wildman–Crippen LogP) is 0.734. The standard InChI is InChI=1S/C7H7N3OS/c1-10-7-4(2-3-12-7)5(9-10)6(8)11/h2-3H,1H3,(H2,8,11). The molecule has 0 saturated heterocycles. The quantitative estimate of drug-likeness (QED) is 0.705. The highest BCUT2D eigenvalue weighted by molar-refractivity contribution is 7.16. The highest BCUT2D eigenvalue weighted by atomic mass is 32.1. The van der Waals surface area contributed by atoms with Crippen LogP contribution in [0.3, 0.4) is 0 Å². The van der Waals surface area contributed by atoms with Gasteiger partial charge in [0.1, 0.15) is 4.83 Å². The fourth-order valence-electron chi connectivity index (χ4n) is 1.16. The number of hydrogen-bond acceptors (Lipinski definition) is 3. The first-order chi connectivity index (χ1) is 5.70. The van der Waals surface area contributed by atoms with Gasteiger partial charge in [0.25, 0.3) is 5.91 Å². The maximum atomic E-state index is 10.9. The molecule has 0 spiro atoms. The van der Waals surface area contributed by atoms with Crippen LogP contribution in [-0.2, 0) is 7.05 Å². The van der Waals surface area contributed by atoms with Gasteiger partial charge >= 0.3 is 0 Å². The van der Waals surface area contributed by atoms with Crippen molar-refractivity contribution in [2.75, 3.05) is 0 Å². The van der Waals surface area contributed by atoms with Crippen LogP contribution in [0.1, 0.15) is 10.5 Å². The van der Waals surface area contributed by atoms with Gasteiger partial charge in [-0.2, -0.15) is 5.10 Å². The minimum Gasteiger partial charge on any atom is -0.364 e. The number of hydrogen-bond donors (Lipinski definition) is 1. The lowest BCUT2D eigenvalue weighted by molar-refractivity contribution is 0.0996. The van der Waals surface area contributed by atoms with Crippen molar-refractivity contribution in [3.05, 3.63) is 17.1 Å². The van der Waals surface area contributed by atoms with Gasteiger partial charge in [-0.3, -0.25) is 9.48 Å². The summed E-state index contributed by atoms with van der Waals surface area (Å²) in [4.78, 5) is 11.9. The molecule has 0 aliphatic heterocycles. The Labute approximate surface area is 72.6 Å². The van der Waals surface area contributed by atoms with Crippen molar-refractivity contribution in [2.45, 2.75) is 0 Å². The van der Waals surface area contributed by atoms with Gasteiger partial charge in [0.2, 0.25) is 0 Å². The van der Waals surface area contributed by atoms with Crippen LogP contribution in [-0.4, -0.2) is 15.7 Å². The van der Waals surface area contributed by atoms with Gasteiger partial charge in [-0.15, -0.1) is 11.3 Å². The summed E-state index contributed by atoms with van der Waals surface area (Å²) in [5.41, 5.74) is 5.50. The monoisotopic (exact) mass is 181 g/mol. The zero-order chi connectivity index (χ0) is 8.72. The number of rotatable bonds is 1. The van der Waals surface area contributed by atoms with E-state index in [-0.39, 0.29) is 0 Å². The number of aryl methyl sites for hydroxylation is 1. The third-order valence-electron chi connectivity index (χ3n) is 1.68. The molecule has 5 heteroatoms. The molecule has 12 heavy (non-hydrogen) atoms. The number of primary amides is 1. The number of thiophene rings is 1. The Bertz CT molecular complexity index is 442. The molecule has 0 unspecified atom stereocenters. The second-order valence-corrected chi connectivity index (χ2v) is 3.37. The van der Waals surface area contributed by atoms with E-state index in [2.05, 4.69) is 5.10 Å². The molecule has 4 nitrogen and oxygen atoms in total. The van der Waals surface area contributed by atoms with E-state index in [0.717, 1.165) is 10.2 Å². The summed E-state index contributed by atoms with van der Waals surface area (Å²) in [5, 5.41) is 6.76. The van der Waals surface area contributed by atoms with Crippen molar-refractivity contribution < 1.29 is 4.79 Å². The summed E-state index contributed by atoms with van der Waals surface area (Å²) >= 11 is 1.54. The summed E-state index contributed by atoms with van der Waals surface area (Å²) in [7, 11) is 1.80. The minimum absolute atomic E-state index is 0.355. The molecule has 0 saturated carbocycles. The molecule has 2 rings (SSSR count). The number of nitrogens with zero attached hydrogens (tertiary/aromatic N) is 2. The second kappa shape index (κ2) is 2.31. The van der Waals surface area contributed by atoms with Crippen LogP contribution in [0.15, 0.2) is 11.4 Å². The molecule has 0 aliphatic rings. The largest absolute Gasteiger partial charge is 0.364 e. The Morgan fingerprint density at radius 3 is 3.17 bits per heavy atom. The van der Waals surface area contributed by atoms with Crippen LogP contribution in [0, 0.1) is 0 Å². The average molecular weight is 181 g/mol. The molecule has 0 atom stereocenters. The van der Waals surface area contributed by atoms with Crippen LogP contribution in [0.5, 0.6) is 0 Å². The molecule has 2 aromatic rings. The molecule has 0 bridgehead atoms. The van der Waals surface area contributed by atoms with E-state index in [1.807, 2.05) is 11.4 Å². The Balaban J connectivity index is 2.83. The lowest BCUT2D eigenvalue weighted by Gasteiger charge is -1.86. The van der Waals surface area contributed by atoms with E-state index in [4.69, 9.17) is 5.73 Å². The van der Waals surface area contributed by atoms with Crippen LogP contribution >= 0.6 is 11.3 Å². The first kappa shape index (κ1) is 7.30. The third-order valence-corrected chi connectivity index (χ3v) is 2.66. The lowest BCUT2D eigenvalue weighted by Crippen LogP contribution is -2.12. The second-order valence-electron chi connectivity index (χ2n) is 2.48. The normalized spacial score (nSPS) is 10.8. The first-order valence-corrected chi connectivity index (χ1v) is 4.28. The van der Waals surface area contributed by atoms with Crippen LogP contribution < -0.4 is 5.73 Å². The highest BCUT2D eigenvalue weighted by Gasteiger charge is 2.13. The number of carbonyl (C=O) groups is 1. The zero-order valence-electron chi connectivity index (χ0n) is 6.44. The van der Waals surface area contributed by atoms with E-state index in [0.29, 0.717) is 5.69 Å². The molecule has 1 amide bonds. The summed E-state index contributed by atoms with van der Waals surface area (Å²) in [6.45, 7) is 0. The smallest absolute Gasteiger partial charge is 0.269 e. The molecule has 2 heterocycles. The predicted molar refractivity (Wildman–Crippen MR) is 47.1 cm³/mol. The average Bonchev–Trinajstić information content (AvgIpc) is 2.53. The minimum atomic E-state index is -0.473. The Morgan fingerprint density at radius 2 is 2.50 bits per heavy atom. The van der Waals surface area contributed by atoms with Crippen LogP contribution in [0.25, 0.3) is 10.2 Å². The van der Waals surface area contributed by atoms with E-state index < -0.39 is 5.91 Å². The third kappa shape index (κ3) is 0.831. The first-order valence-electron chi connectivity index (χ1n) is 3.40. The van der Waals surface area contributed by atoms with Gasteiger partial charge in [-0.1, -0.05) is 0 Å². The zero-order valence-corrected chi connectivity index (χ0v) is 7.26. The maximum Gasteiger partial charge on any atom is 0.269 e. The molecule has 2 N–H and O–H groups in total. The molecule has 0 radical (unpaired) electrons. The van der Waals surface area contributed by atoms with Crippen molar-refractivity contribution in [1.29, 1.82) is 0 Å². The van der Waals surface area contributed by atoms with Crippen molar-refractivity contribution in [2.24, 2.45) is 12.8 Å². The Hall–Kier alpha value is -1.36. The molecule has 62 valence electrons. The van der Waals surface area contributed by atoms with Gasteiger partial charge in [0.05, 0.1) is 0 Å². The van der Waals surface area contributed by atoms with Gasteiger partial charge in [0, 0.05) is 12.4 Å². The van der Waals surface area contributed by atoms with Crippen molar-refractivity contribution in [3.63, 3.8) is 0 Å². The van der Waals surface area contributed by atoms with Crippen LogP contribution in [0.2, 0.25) is 0 Å². The van der Waals surface area contributed by atoms with Gasteiger partial charge in [-0.05, 0) is 11.4 Å². The topological polar surface area (TPSA) is 60.9 Å². The van der Waals surface area contributed by atoms with Crippen molar-refractivity contribution in [1.82, 2.24) is 9.78 Å². The molecular formula is C7H7N3OS. The van der Waals surface area contributed by atoms with E-state index in [1.165, 1.54) is 0 Å². The molecule has 0 aliphatic carbocycles. The van der Waals surface area contributed by atoms with Gasteiger partial charge in [-0.25, -0.2) is 0 Å². The number of fused-ring (bicyclic) bond motifs is 1. The summed E-state index contributed by atoms with van der Waals surface area (Å²) in [5.74, 6) is -0.473. The molecular weight excluding hydrogens is 174 g/mol. The van der Waals surface area contributed by atoms with Crippen molar-refractivity contribution in [3.8, 4) is 0 Å². The van der Waals surface area contributed by atoms with E-state index in [9.17, 15) is 4.79 Å². The van der Waals surface area contributed by atoms with Crippen LogP contribution in [0.4, 0.5) is 0 Å². The number of nitrogens with two attached hydrogens (primary N) is 1. The lowest BCUT2D eigenvalue weighted by atomic mass is 10.3. The summed E-state index contributed by atoms with van der Waals surface area (Å²) in [6, 6.07) is 1.85. The van der Waals surface area contributed by atoms with Gasteiger partial charge in [0.15, 0.2) is 5.69 Å². The molecule has 0 fully saturated rings. The fourth-order valence-corrected chi connectivity index (χ4v) is 1.98.